The monoisotopic (exact) mass is 344 g/mol. The predicted octanol–water partition coefficient (Wildman–Crippen LogP) is 2.77. The summed E-state index contributed by atoms with van der Waals surface area (Å²) in [7, 11) is 0. The van der Waals surface area contributed by atoms with Crippen LogP contribution in [-0.2, 0) is 11.3 Å². The van der Waals surface area contributed by atoms with Crippen LogP contribution in [0.3, 0.4) is 0 Å². The largest absolute Gasteiger partial charge is 0.335 e. The van der Waals surface area contributed by atoms with Gasteiger partial charge in [-0.25, -0.2) is 0 Å². The van der Waals surface area contributed by atoms with E-state index in [0.717, 1.165) is 38.9 Å². The highest BCUT2D eigenvalue weighted by molar-refractivity contribution is 7.07. The van der Waals surface area contributed by atoms with E-state index in [9.17, 15) is 4.79 Å². The molecule has 2 fully saturated rings. The number of aromatic nitrogens is 2. The molecule has 2 saturated heterocycles. The summed E-state index contributed by atoms with van der Waals surface area (Å²) in [6.07, 6.45) is 8.36. The maximum Gasteiger partial charge on any atom is 0.237 e. The third-order valence-corrected chi connectivity index (χ3v) is 6.00. The summed E-state index contributed by atoms with van der Waals surface area (Å²) in [5.74, 6) is 0.288. The molecule has 4 heterocycles. The third-order valence-electron chi connectivity index (χ3n) is 5.30. The molecular weight excluding hydrogens is 320 g/mol. The molecule has 24 heavy (non-hydrogen) atoms. The van der Waals surface area contributed by atoms with E-state index in [2.05, 4.69) is 31.7 Å². The molecule has 6 heteroatoms. The second-order valence-corrected chi connectivity index (χ2v) is 7.58. The van der Waals surface area contributed by atoms with Crippen molar-refractivity contribution in [1.82, 2.24) is 19.6 Å². The molecule has 0 saturated carbocycles. The molecule has 0 N–H and O–H groups in total. The van der Waals surface area contributed by atoms with Crippen molar-refractivity contribution >= 4 is 17.2 Å². The molecule has 0 unspecified atom stereocenters. The van der Waals surface area contributed by atoms with E-state index >= 15 is 0 Å². The molecule has 2 aromatic rings. The van der Waals surface area contributed by atoms with E-state index in [-0.39, 0.29) is 11.9 Å². The predicted molar refractivity (Wildman–Crippen MR) is 94.8 cm³/mol. The molecule has 0 bridgehead atoms. The molecule has 0 spiro atoms. The van der Waals surface area contributed by atoms with Crippen LogP contribution in [0.5, 0.6) is 0 Å². The van der Waals surface area contributed by atoms with Crippen LogP contribution < -0.4 is 0 Å². The quantitative estimate of drug-likeness (QED) is 0.837. The molecule has 2 atom stereocenters. The summed E-state index contributed by atoms with van der Waals surface area (Å²) in [6.45, 7) is 3.35. The average molecular weight is 344 g/mol. The lowest BCUT2D eigenvalue weighted by atomic mass is 10.1. The van der Waals surface area contributed by atoms with Gasteiger partial charge in [-0.15, -0.1) is 0 Å². The van der Waals surface area contributed by atoms with Gasteiger partial charge in [-0.3, -0.25) is 14.4 Å². The smallest absolute Gasteiger partial charge is 0.237 e. The first-order valence-corrected chi connectivity index (χ1v) is 9.78. The summed E-state index contributed by atoms with van der Waals surface area (Å²) < 4.78 is 1.98. The topological polar surface area (TPSA) is 41.4 Å². The van der Waals surface area contributed by atoms with Gasteiger partial charge in [-0.05, 0) is 60.7 Å². The van der Waals surface area contributed by atoms with Gasteiger partial charge in [0, 0.05) is 25.0 Å². The highest BCUT2D eigenvalue weighted by Gasteiger charge is 2.33. The molecule has 0 aliphatic carbocycles. The Morgan fingerprint density at radius 3 is 3.00 bits per heavy atom. The van der Waals surface area contributed by atoms with Crippen LogP contribution >= 0.6 is 11.3 Å². The van der Waals surface area contributed by atoms with Crippen LogP contribution in [0.2, 0.25) is 0 Å². The fourth-order valence-electron chi connectivity index (χ4n) is 4.08. The minimum Gasteiger partial charge on any atom is -0.335 e. The Balaban J connectivity index is 1.39. The van der Waals surface area contributed by atoms with E-state index < -0.39 is 0 Å². The minimum absolute atomic E-state index is 0.288. The number of carbonyl (C=O) groups excluding carboxylic acids is 1. The first-order valence-electron chi connectivity index (χ1n) is 8.84. The molecule has 2 aliphatic rings. The van der Waals surface area contributed by atoms with Gasteiger partial charge in [0.05, 0.1) is 19.1 Å². The van der Waals surface area contributed by atoms with Crippen molar-refractivity contribution < 1.29 is 4.79 Å². The third kappa shape index (κ3) is 3.26. The van der Waals surface area contributed by atoms with E-state index in [1.54, 1.807) is 11.3 Å². The molecule has 2 aromatic heterocycles. The van der Waals surface area contributed by atoms with Crippen LogP contribution in [0.25, 0.3) is 0 Å². The van der Waals surface area contributed by atoms with Crippen molar-refractivity contribution in [2.24, 2.45) is 0 Å². The van der Waals surface area contributed by atoms with E-state index in [0.29, 0.717) is 12.6 Å². The molecular formula is C18H24N4OS. The molecule has 5 nitrogen and oxygen atoms in total. The SMILES string of the molecule is O=C(CN1CCC[C@@H]1Cn1cccn1)N1CCC[C@@H]1c1ccsc1. The van der Waals surface area contributed by atoms with Crippen LogP contribution in [0, 0.1) is 0 Å². The van der Waals surface area contributed by atoms with Crippen LogP contribution in [0.4, 0.5) is 0 Å². The molecule has 0 aromatic carbocycles. The molecule has 0 radical (unpaired) electrons. The summed E-state index contributed by atoms with van der Waals surface area (Å²) >= 11 is 1.72. The second kappa shape index (κ2) is 7.07. The van der Waals surface area contributed by atoms with Gasteiger partial charge in [0.1, 0.15) is 0 Å². The van der Waals surface area contributed by atoms with Gasteiger partial charge in [0.2, 0.25) is 5.91 Å². The summed E-state index contributed by atoms with van der Waals surface area (Å²) in [5.41, 5.74) is 1.31. The number of nitrogens with zero attached hydrogens (tertiary/aromatic N) is 4. The number of hydrogen-bond acceptors (Lipinski definition) is 4. The van der Waals surface area contributed by atoms with Crippen LogP contribution in [0.15, 0.2) is 35.3 Å². The minimum atomic E-state index is 0.288. The number of rotatable bonds is 5. The lowest BCUT2D eigenvalue weighted by Crippen LogP contribution is -2.43. The molecule has 4 rings (SSSR count). The molecule has 128 valence electrons. The molecule has 1 amide bonds. The lowest BCUT2D eigenvalue weighted by Gasteiger charge is -2.29. The number of likely N-dealkylation sites (tertiary alicyclic amines) is 2. The Morgan fingerprint density at radius 1 is 1.29 bits per heavy atom. The fraction of sp³-hybridized carbons (Fsp3) is 0.556. The average Bonchev–Trinajstić information content (AvgIpc) is 3.37. The highest BCUT2D eigenvalue weighted by Crippen LogP contribution is 2.33. The van der Waals surface area contributed by atoms with E-state index in [1.807, 2.05) is 23.1 Å². The lowest BCUT2D eigenvalue weighted by molar-refractivity contribution is -0.133. The van der Waals surface area contributed by atoms with E-state index in [4.69, 9.17) is 0 Å². The van der Waals surface area contributed by atoms with Gasteiger partial charge in [0.25, 0.3) is 0 Å². The fourth-order valence-corrected chi connectivity index (χ4v) is 4.78. The Bertz CT molecular complexity index is 655. The highest BCUT2D eigenvalue weighted by atomic mass is 32.1. The standard InChI is InChI=1S/C18H24N4OS/c23-18(22-10-2-5-17(22)15-6-11-24-14-15)13-20-8-1-4-16(20)12-21-9-3-7-19-21/h3,6-7,9,11,14,16-17H,1-2,4-5,8,10,12-13H2/t16-,17-/m1/s1. The molecule has 2 aliphatic heterocycles. The first kappa shape index (κ1) is 15.8. The van der Waals surface area contributed by atoms with Crippen molar-refractivity contribution in [1.29, 1.82) is 0 Å². The maximum absolute atomic E-state index is 12.9. The van der Waals surface area contributed by atoms with Gasteiger partial charge < -0.3 is 4.90 Å². The van der Waals surface area contributed by atoms with Gasteiger partial charge in [-0.1, -0.05) is 0 Å². The summed E-state index contributed by atoms with van der Waals surface area (Å²) in [6, 6.07) is 4.84. The first-order chi connectivity index (χ1) is 11.8. The van der Waals surface area contributed by atoms with E-state index in [1.165, 1.54) is 12.0 Å². The maximum atomic E-state index is 12.9. The van der Waals surface area contributed by atoms with Crippen molar-refractivity contribution in [3.05, 3.63) is 40.8 Å². The van der Waals surface area contributed by atoms with Crippen molar-refractivity contribution in [3.63, 3.8) is 0 Å². The van der Waals surface area contributed by atoms with Crippen molar-refractivity contribution in [3.8, 4) is 0 Å². The van der Waals surface area contributed by atoms with Crippen molar-refractivity contribution in [2.45, 2.75) is 44.3 Å². The van der Waals surface area contributed by atoms with Gasteiger partial charge >= 0.3 is 0 Å². The van der Waals surface area contributed by atoms with Gasteiger partial charge in [0.15, 0.2) is 0 Å². The zero-order valence-corrected chi connectivity index (χ0v) is 14.7. The van der Waals surface area contributed by atoms with Crippen LogP contribution in [-0.4, -0.2) is 51.2 Å². The summed E-state index contributed by atoms with van der Waals surface area (Å²) in [4.78, 5) is 17.4. The zero-order valence-electron chi connectivity index (χ0n) is 13.9. The zero-order chi connectivity index (χ0) is 16.4. The second-order valence-electron chi connectivity index (χ2n) is 6.80. The Labute approximate surface area is 146 Å². The number of thiophene rings is 1. The normalized spacial score (nSPS) is 24.8. The van der Waals surface area contributed by atoms with Crippen LogP contribution in [0.1, 0.15) is 37.3 Å². The number of hydrogen-bond donors (Lipinski definition) is 0. The number of carbonyl (C=O) groups is 1. The Morgan fingerprint density at radius 2 is 2.21 bits per heavy atom. The number of amides is 1. The van der Waals surface area contributed by atoms with Crippen molar-refractivity contribution in [2.75, 3.05) is 19.6 Å². The Kier molecular flexibility index (Phi) is 4.67. The van der Waals surface area contributed by atoms with Gasteiger partial charge in [-0.2, -0.15) is 16.4 Å². The Hall–Kier alpha value is -1.66. The summed E-state index contributed by atoms with van der Waals surface area (Å²) in [5, 5.41) is 8.61.